The number of hydrogen-bond donors (Lipinski definition) is 0. The van der Waals surface area contributed by atoms with Gasteiger partial charge in [0.2, 0.25) is 0 Å². The number of rotatable bonds is 6. The molecule has 0 fully saturated rings. The minimum atomic E-state index is -0.263. The maximum Gasteiger partial charge on any atom is 0.255 e. The average molecular weight is 489 g/mol. The summed E-state index contributed by atoms with van der Waals surface area (Å²) in [6, 6.07) is 32.1. The van der Waals surface area contributed by atoms with Gasteiger partial charge in [0.05, 0.1) is 26.0 Å². The molecule has 5 heteroatoms. The zero-order valence-corrected chi connectivity index (χ0v) is 21.1. The van der Waals surface area contributed by atoms with Crippen molar-refractivity contribution in [1.29, 1.82) is 0 Å². The minimum Gasteiger partial charge on any atom is -0.497 e. The van der Waals surface area contributed by atoms with Crippen LogP contribution in [0.1, 0.15) is 33.1 Å². The van der Waals surface area contributed by atoms with Gasteiger partial charge >= 0.3 is 0 Å². The molecule has 0 aliphatic carbocycles. The molecular formula is C32H28N2O3. The molecule has 0 bridgehead atoms. The lowest BCUT2D eigenvalue weighted by molar-refractivity contribution is 0.0737. The predicted octanol–water partition coefficient (Wildman–Crippen LogP) is 6.61. The molecule has 5 nitrogen and oxygen atoms in total. The van der Waals surface area contributed by atoms with Gasteiger partial charge in [0, 0.05) is 41.2 Å². The summed E-state index contributed by atoms with van der Waals surface area (Å²) in [5.41, 5.74) is 6.96. The van der Waals surface area contributed by atoms with Crippen LogP contribution in [-0.2, 0) is 13.6 Å². The molecule has 184 valence electrons. The molecule has 0 N–H and O–H groups in total. The zero-order valence-electron chi connectivity index (χ0n) is 21.1. The molecule has 1 aliphatic heterocycles. The Morgan fingerprint density at radius 2 is 1.51 bits per heavy atom. The van der Waals surface area contributed by atoms with E-state index in [0.29, 0.717) is 6.54 Å². The van der Waals surface area contributed by atoms with Crippen LogP contribution < -0.4 is 9.47 Å². The van der Waals surface area contributed by atoms with Gasteiger partial charge in [-0.05, 0) is 41.5 Å². The number of amides is 1. The number of para-hydroxylation sites is 1. The van der Waals surface area contributed by atoms with E-state index < -0.39 is 0 Å². The van der Waals surface area contributed by atoms with E-state index in [4.69, 9.17) is 9.47 Å². The number of methoxy groups -OCH3 is 2. The fourth-order valence-electron chi connectivity index (χ4n) is 5.65. The summed E-state index contributed by atoms with van der Waals surface area (Å²) in [6.45, 7) is 0.511. The molecule has 4 aromatic carbocycles. The number of ether oxygens (including phenoxy) is 2. The summed E-state index contributed by atoms with van der Waals surface area (Å²) in [6.07, 6.45) is 0. The van der Waals surface area contributed by atoms with Gasteiger partial charge in [-0.2, -0.15) is 0 Å². The van der Waals surface area contributed by atoms with Gasteiger partial charge in [-0.1, -0.05) is 66.7 Å². The smallest absolute Gasteiger partial charge is 0.255 e. The second kappa shape index (κ2) is 9.17. The SMILES string of the molecule is COc1ccc(OC)c(-c2c([C@H]3c4ccccc4C(=O)N3Cc3ccccc3)c3ccccc3n2C)c1. The van der Waals surface area contributed by atoms with Gasteiger partial charge in [0.1, 0.15) is 11.5 Å². The van der Waals surface area contributed by atoms with Crippen LogP contribution in [0.25, 0.3) is 22.2 Å². The van der Waals surface area contributed by atoms with E-state index >= 15 is 0 Å². The molecule has 5 aromatic rings. The number of fused-ring (bicyclic) bond motifs is 2. The fraction of sp³-hybridized carbons (Fsp3) is 0.156. The third kappa shape index (κ3) is 3.66. The van der Waals surface area contributed by atoms with Crippen molar-refractivity contribution >= 4 is 16.8 Å². The molecule has 6 rings (SSSR count). The van der Waals surface area contributed by atoms with E-state index in [9.17, 15) is 4.79 Å². The summed E-state index contributed by atoms with van der Waals surface area (Å²) in [7, 11) is 5.43. The van der Waals surface area contributed by atoms with Crippen molar-refractivity contribution in [2.45, 2.75) is 12.6 Å². The van der Waals surface area contributed by atoms with Gasteiger partial charge in [-0.3, -0.25) is 4.79 Å². The first-order chi connectivity index (χ1) is 18.1. The monoisotopic (exact) mass is 488 g/mol. The van der Waals surface area contributed by atoms with E-state index in [-0.39, 0.29) is 11.9 Å². The summed E-state index contributed by atoms with van der Waals surface area (Å²) in [4.78, 5) is 15.9. The Morgan fingerprint density at radius 1 is 0.784 bits per heavy atom. The van der Waals surface area contributed by atoms with E-state index in [1.807, 2.05) is 65.6 Å². The summed E-state index contributed by atoms with van der Waals surface area (Å²) in [5, 5.41) is 1.11. The van der Waals surface area contributed by atoms with Gasteiger partial charge in [-0.15, -0.1) is 0 Å². The minimum absolute atomic E-state index is 0.0425. The number of carbonyl (C=O) groups excluding carboxylic acids is 1. The maximum absolute atomic E-state index is 13.9. The van der Waals surface area contributed by atoms with Crippen molar-refractivity contribution in [1.82, 2.24) is 9.47 Å². The van der Waals surface area contributed by atoms with Crippen LogP contribution in [0.15, 0.2) is 97.1 Å². The quantitative estimate of drug-likeness (QED) is 0.270. The highest BCUT2D eigenvalue weighted by atomic mass is 16.5. The number of hydrogen-bond acceptors (Lipinski definition) is 3. The fourth-order valence-corrected chi connectivity index (χ4v) is 5.65. The van der Waals surface area contributed by atoms with Crippen molar-refractivity contribution in [2.24, 2.45) is 7.05 Å². The highest BCUT2D eigenvalue weighted by Crippen LogP contribution is 2.48. The predicted molar refractivity (Wildman–Crippen MR) is 146 cm³/mol. The largest absolute Gasteiger partial charge is 0.497 e. The van der Waals surface area contributed by atoms with Gasteiger partial charge in [-0.25, -0.2) is 0 Å². The Balaban J connectivity index is 1.66. The Labute approximate surface area is 216 Å². The van der Waals surface area contributed by atoms with Crippen LogP contribution in [0.2, 0.25) is 0 Å². The van der Waals surface area contributed by atoms with Crippen molar-refractivity contribution in [2.75, 3.05) is 14.2 Å². The first-order valence-corrected chi connectivity index (χ1v) is 12.4. The lowest BCUT2D eigenvalue weighted by Gasteiger charge is -2.27. The molecule has 1 aromatic heterocycles. The van der Waals surface area contributed by atoms with Crippen LogP contribution in [0.4, 0.5) is 0 Å². The summed E-state index contributed by atoms with van der Waals surface area (Å²) < 4.78 is 13.6. The van der Waals surface area contributed by atoms with Crippen LogP contribution in [-0.4, -0.2) is 29.6 Å². The highest BCUT2D eigenvalue weighted by molar-refractivity contribution is 6.02. The van der Waals surface area contributed by atoms with Crippen molar-refractivity contribution < 1.29 is 14.3 Å². The van der Waals surface area contributed by atoms with E-state index in [0.717, 1.165) is 55.9 Å². The lowest BCUT2D eigenvalue weighted by Crippen LogP contribution is -2.28. The van der Waals surface area contributed by atoms with Crippen molar-refractivity contribution in [3.8, 4) is 22.8 Å². The molecule has 2 heterocycles. The number of aryl methyl sites for hydroxylation is 1. The van der Waals surface area contributed by atoms with E-state index in [2.05, 4.69) is 48.0 Å². The Kier molecular flexibility index (Phi) is 5.68. The molecular weight excluding hydrogens is 460 g/mol. The average Bonchev–Trinajstić information content (AvgIpc) is 3.39. The van der Waals surface area contributed by atoms with Gasteiger partial charge in [0.15, 0.2) is 0 Å². The first-order valence-electron chi connectivity index (χ1n) is 12.4. The van der Waals surface area contributed by atoms with Gasteiger partial charge in [0.25, 0.3) is 5.91 Å². The zero-order chi connectivity index (χ0) is 25.5. The van der Waals surface area contributed by atoms with Crippen molar-refractivity contribution in [3.63, 3.8) is 0 Å². The molecule has 1 atom stereocenters. The third-order valence-corrected chi connectivity index (χ3v) is 7.34. The second-order valence-corrected chi connectivity index (χ2v) is 9.31. The van der Waals surface area contributed by atoms with Crippen LogP contribution in [0.3, 0.4) is 0 Å². The highest BCUT2D eigenvalue weighted by Gasteiger charge is 2.40. The molecule has 1 amide bonds. The molecule has 0 radical (unpaired) electrons. The maximum atomic E-state index is 13.9. The molecule has 0 unspecified atom stereocenters. The molecule has 37 heavy (non-hydrogen) atoms. The topological polar surface area (TPSA) is 43.7 Å². The summed E-state index contributed by atoms with van der Waals surface area (Å²) in [5.74, 6) is 1.54. The van der Waals surface area contributed by atoms with Crippen LogP contribution in [0, 0.1) is 0 Å². The van der Waals surface area contributed by atoms with Crippen LogP contribution >= 0.6 is 0 Å². The second-order valence-electron chi connectivity index (χ2n) is 9.31. The third-order valence-electron chi connectivity index (χ3n) is 7.34. The normalized spacial score (nSPS) is 14.7. The lowest BCUT2D eigenvalue weighted by atomic mass is 9.92. The molecule has 1 aliphatic rings. The molecule has 0 saturated heterocycles. The number of aromatic nitrogens is 1. The summed E-state index contributed by atoms with van der Waals surface area (Å²) >= 11 is 0. The Morgan fingerprint density at radius 3 is 2.30 bits per heavy atom. The van der Waals surface area contributed by atoms with Crippen LogP contribution in [0.5, 0.6) is 11.5 Å². The number of carbonyl (C=O) groups is 1. The number of nitrogens with zero attached hydrogens (tertiary/aromatic N) is 2. The van der Waals surface area contributed by atoms with Gasteiger partial charge < -0.3 is 18.9 Å². The standard InChI is InChI=1S/C32H28N2O3/c1-33-27-16-10-9-15-25(27)29(30(33)26-19-22(36-2)17-18-28(26)37-3)31-23-13-7-8-14-24(23)32(35)34(31)20-21-11-5-4-6-12-21/h4-19,31H,20H2,1-3H3/t31-/m1/s1. The Hall–Kier alpha value is -4.51. The molecule has 0 saturated carbocycles. The van der Waals surface area contributed by atoms with E-state index in [1.54, 1.807) is 14.2 Å². The number of benzene rings is 4. The Bertz CT molecular complexity index is 1620. The molecule has 0 spiro atoms. The van der Waals surface area contributed by atoms with Crippen molar-refractivity contribution in [3.05, 3.63) is 119 Å². The first kappa shape index (κ1) is 22.9. The van der Waals surface area contributed by atoms with E-state index in [1.165, 1.54) is 0 Å².